The Labute approximate surface area is 182 Å². The molecule has 0 N–H and O–H groups in total. The zero-order valence-electron chi connectivity index (χ0n) is 18.2. The number of hydrogen-bond acceptors (Lipinski definition) is 4. The molecule has 2 aromatic rings. The Kier molecular flexibility index (Phi) is 13.2. The number of para-hydroxylation sites is 4. The van der Waals surface area contributed by atoms with E-state index in [1.54, 1.807) is 14.2 Å². The molecule has 0 heterocycles. The van der Waals surface area contributed by atoms with E-state index in [9.17, 15) is 0 Å². The van der Waals surface area contributed by atoms with Crippen LogP contribution in [0.4, 0.5) is 0 Å². The van der Waals surface area contributed by atoms with Gasteiger partial charge in [-0.15, -0.1) is 0 Å². The Morgan fingerprint density at radius 2 is 0.821 bits per heavy atom. The summed E-state index contributed by atoms with van der Waals surface area (Å²) in [4.78, 5) is 4.84. The van der Waals surface area contributed by atoms with Crippen molar-refractivity contribution >= 4 is 33.2 Å². The Bertz CT molecular complexity index is 601. The minimum absolute atomic E-state index is 0.852. The average molecular weight is 502 g/mol. The van der Waals surface area contributed by atoms with E-state index in [2.05, 4.69) is 27.7 Å². The predicted octanol–water partition coefficient (Wildman–Crippen LogP) is 6.21. The molecule has 0 fully saturated rings. The second-order valence-corrected chi connectivity index (χ2v) is 19.5. The molecular weight excluding hydrogens is 468 g/mol. The topological polar surface area (TPSA) is 36.9 Å². The number of rotatable bonds is 10. The fourth-order valence-electron chi connectivity index (χ4n) is 2.70. The van der Waals surface area contributed by atoms with Crippen molar-refractivity contribution in [1.29, 1.82) is 0 Å². The van der Waals surface area contributed by atoms with Gasteiger partial charge in [-0.1, -0.05) is 0 Å². The summed E-state index contributed by atoms with van der Waals surface area (Å²) in [5.74, 6) is 3.54. The molecule has 0 aliphatic heterocycles. The van der Waals surface area contributed by atoms with E-state index in [0.29, 0.717) is 0 Å². The van der Waals surface area contributed by atoms with Crippen LogP contribution in [0, 0.1) is 0 Å². The Balaban J connectivity index is 0.000000280. The summed E-state index contributed by atoms with van der Waals surface area (Å²) in [5, 5.41) is 0. The van der Waals surface area contributed by atoms with Gasteiger partial charge in [-0.05, 0) is 0 Å². The van der Waals surface area contributed by atoms with Crippen molar-refractivity contribution in [3.8, 4) is 23.0 Å². The van der Waals surface area contributed by atoms with Gasteiger partial charge in [0.2, 0.25) is 0 Å². The van der Waals surface area contributed by atoms with E-state index in [1.807, 2.05) is 48.5 Å². The molecule has 0 aromatic heterocycles. The van der Waals surface area contributed by atoms with E-state index in [1.165, 1.54) is 19.9 Å². The second kappa shape index (κ2) is 14.8. The molecule has 0 saturated carbocycles. The van der Waals surface area contributed by atoms with Crippen LogP contribution in [0.1, 0.15) is 27.7 Å². The first kappa shape index (κ1) is 24.9. The van der Waals surface area contributed by atoms with Gasteiger partial charge in [0.05, 0.1) is 0 Å². The number of hydrogen-bond donors (Lipinski definition) is 0. The molecule has 0 aliphatic carbocycles. The molecule has 2 rings (SSSR count). The SMILES string of the molecule is C[CH2][Ga]([CH2]C)[O]c1ccccc1OC.C[CH2][Ga]([CH2]C)[O]c1ccccc1OC. The Morgan fingerprint density at radius 1 is 0.536 bits per heavy atom. The number of ether oxygens (including phenoxy) is 2. The van der Waals surface area contributed by atoms with Crippen molar-refractivity contribution in [2.24, 2.45) is 0 Å². The van der Waals surface area contributed by atoms with Gasteiger partial charge >= 0.3 is 183 Å². The summed E-state index contributed by atoms with van der Waals surface area (Å²) in [6, 6.07) is 15.8. The van der Waals surface area contributed by atoms with Crippen LogP contribution >= 0.6 is 0 Å². The van der Waals surface area contributed by atoms with Gasteiger partial charge in [0, 0.05) is 0 Å². The molecule has 0 bridgehead atoms. The number of methoxy groups -OCH3 is 2. The van der Waals surface area contributed by atoms with Crippen molar-refractivity contribution in [2.75, 3.05) is 14.2 Å². The first-order chi connectivity index (χ1) is 13.6. The zero-order valence-corrected chi connectivity index (χ0v) is 23.1. The van der Waals surface area contributed by atoms with Crippen molar-refractivity contribution < 1.29 is 16.5 Å². The first-order valence-corrected chi connectivity index (χ1v) is 19.1. The van der Waals surface area contributed by atoms with E-state index in [0.717, 1.165) is 23.0 Å². The molecule has 0 unspecified atom stereocenters. The third kappa shape index (κ3) is 8.51. The molecule has 4 nitrogen and oxygen atoms in total. The Morgan fingerprint density at radius 3 is 1.07 bits per heavy atom. The van der Waals surface area contributed by atoms with Gasteiger partial charge < -0.3 is 0 Å². The zero-order chi connectivity index (χ0) is 20.8. The first-order valence-electron chi connectivity index (χ1n) is 10.2. The third-order valence-electron chi connectivity index (χ3n) is 4.55. The van der Waals surface area contributed by atoms with Gasteiger partial charge in [0.1, 0.15) is 0 Å². The summed E-state index contributed by atoms with van der Waals surface area (Å²) in [7, 11) is 3.37. The van der Waals surface area contributed by atoms with Gasteiger partial charge in [-0.2, -0.15) is 0 Å². The van der Waals surface area contributed by atoms with Crippen LogP contribution in [0.25, 0.3) is 0 Å². The van der Waals surface area contributed by atoms with Gasteiger partial charge in [0.15, 0.2) is 0 Å². The fraction of sp³-hybridized carbons (Fsp3) is 0.455. The van der Waals surface area contributed by atoms with Crippen molar-refractivity contribution in [3.63, 3.8) is 0 Å². The molecule has 0 saturated heterocycles. The third-order valence-corrected chi connectivity index (χ3v) is 14.7. The molecule has 0 radical (unpaired) electrons. The van der Waals surface area contributed by atoms with Crippen LogP contribution in [-0.4, -0.2) is 47.4 Å². The molecule has 152 valence electrons. The molecule has 2 aromatic carbocycles. The maximum atomic E-state index is 6.00. The molecule has 0 amide bonds. The van der Waals surface area contributed by atoms with E-state index >= 15 is 0 Å². The average Bonchev–Trinajstić information content (AvgIpc) is 2.76. The standard InChI is InChI=1S/2C7H8O2.4C2H5.2Ga/c2*1-9-7-5-3-2-4-6(7)8;4*1-2;;/h2*2-5,8H,1H3;4*1H2,2H3;;/q;;;;;;2*+1/p-2. The van der Waals surface area contributed by atoms with E-state index < -0.39 is 33.2 Å². The summed E-state index contributed by atoms with van der Waals surface area (Å²) in [6.07, 6.45) is 0. The van der Waals surface area contributed by atoms with Crippen LogP contribution < -0.4 is 16.5 Å². The van der Waals surface area contributed by atoms with Crippen molar-refractivity contribution in [2.45, 2.75) is 47.6 Å². The molecule has 6 heteroatoms. The molecular formula is C22H34Ga2O4. The summed E-state index contributed by atoms with van der Waals surface area (Å²) >= 11 is -3.01. The Hall–Kier alpha value is -1.09. The van der Waals surface area contributed by atoms with E-state index in [-0.39, 0.29) is 0 Å². The molecule has 0 spiro atoms. The monoisotopic (exact) mass is 500 g/mol. The predicted molar refractivity (Wildman–Crippen MR) is 121 cm³/mol. The molecule has 0 aliphatic rings. The second-order valence-electron chi connectivity index (χ2n) is 6.41. The van der Waals surface area contributed by atoms with Crippen LogP contribution in [0.5, 0.6) is 23.0 Å². The minimum atomic E-state index is -1.50. The van der Waals surface area contributed by atoms with Crippen molar-refractivity contribution in [1.82, 2.24) is 0 Å². The molecule has 0 atom stereocenters. The van der Waals surface area contributed by atoms with Gasteiger partial charge in [-0.3, -0.25) is 0 Å². The summed E-state index contributed by atoms with van der Waals surface area (Å²) < 4.78 is 22.5. The van der Waals surface area contributed by atoms with Gasteiger partial charge in [-0.25, -0.2) is 0 Å². The van der Waals surface area contributed by atoms with Crippen LogP contribution in [-0.2, 0) is 0 Å². The molecule has 28 heavy (non-hydrogen) atoms. The fourth-order valence-corrected chi connectivity index (χ4v) is 8.85. The van der Waals surface area contributed by atoms with Crippen LogP contribution in [0.2, 0.25) is 19.9 Å². The summed E-state index contributed by atoms with van der Waals surface area (Å²) in [5.41, 5.74) is 0. The number of benzene rings is 2. The van der Waals surface area contributed by atoms with Crippen LogP contribution in [0.3, 0.4) is 0 Å². The van der Waals surface area contributed by atoms with E-state index in [4.69, 9.17) is 16.5 Å². The maximum absolute atomic E-state index is 6.00. The van der Waals surface area contributed by atoms with Crippen LogP contribution in [0.15, 0.2) is 48.5 Å². The summed E-state index contributed by atoms with van der Waals surface area (Å²) in [6.45, 7) is 8.85. The van der Waals surface area contributed by atoms with Crippen molar-refractivity contribution in [3.05, 3.63) is 48.5 Å². The van der Waals surface area contributed by atoms with Gasteiger partial charge in [0.25, 0.3) is 0 Å². The quantitative estimate of drug-likeness (QED) is 0.363. The normalized spacial score (nSPS) is 9.64.